The number of fused-ring (bicyclic) bond motifs is 1. The van der Waals surface area contributed by atoms with Gasteiger partial charge in [-0.15, -0.1) is 0 Å². The summed E-state index contributed by atoms with van der Waals surface area (Å²) in [5, 5.41) is 0.246. The van der Waals surface area contributed by atoms with Crippen LogP contribution in [0.25, 0.3) is 0 Å². The maximum atomic E-state index is 13.2. The van der Waals surface area contributed by atoms with E-state index in [2.05, 4.69) is 12.1 Å². The van der Waals surface area contributed by atoms with Gasteiger partial charge in [0.05, 0.1) is 22.9 Å². The fourth-order valence-corrected chi connectivity index (χ4v) is 6.13. The number of hydrogen-bond acceptors (Lipinski definition) is 4. The second kappa shape index (κ2) is 8.57. The number of amides is 1. The van der Waals surface area contributed by atoms with Crippen LogP contribution in [0.15, 0.2) is 47.4 Å². The summed E-state index contributed by atoms with van der Waals surface area (Å²) in [4.78, 5) is 15.2. The minimum Gasteiger partial charge on any atom is -0.495 e. The van der Waals surface area contributed by atoms with Crippen molar-refractivity contribution in [1.29, 1.82) is 0 Å². The molecule has 160 valence electrons. The van der Waals surface area contributed by atoms with Crippen LogP contribution >= 0.6 is 11.6 Å². The number of benzene rings is 2. The maximum Gasteiger partial charge on any atom is 0.243 e. The Kier molecular flexibility index (Phi) is 6.04. The number of halogens is 1. The van der Waals surface area contributed by atoms with E-state index in [4.69, 9.17) is 16.3 Å². The summed E-state index contributed by atoms with van der Waals surface area (Å²) in [7, 11) is -2.25. The molecule has 2 aliphatic rings. The summed E-state index contributed by atoms with van der Waals surface area (Å²) in [6.45, 7) is 1.86. The highest BCUT2D eigenvalue weighted by atomic mass is 35.5. The fourth-order valence-electron chi connectivity index (χ4n) is 4.26. The molecule has 2 heterocycles. The zero-order valence-electron chi connectivity index (χ0n) is 16.9. The van der Waals surface area contributed by atoms with Crippen molar-refractivity contribution in [3.05, 3.63) is 58.6 Å². The highest BCUT2D eigenvalue weighted by molar-refractivity contribution is 7.89. The van der Waals surface area contributed by atoms with E-state index in [1.807, 2.05) is 17.0 Å². The molecule has 0 radical (unpaired) electrons. The third-order valence-corrected chi connectivity index (χ3v) is 8.09. The number of sulfonamides is 1. The van der Waals surface area contributed by atoms with Crippen molar-refractivity contribution in [3.8, 4) is 5.75 Å². The largest absolute Gasteiger partial charge is 0.495 e. The molecule has 2 aliphatic heterocycles. The highest BCUT2D eigenvalue weighted by Crippen LogP contribution is 2.31. The van der Waals surface area contributed by atoms with E-state index >= 15 is 0 Å². The average Bonchev–Trinajstić information content (AvgIpc) is 2.78. The second-order valence-electron chi connectivity index (χ2n) is 7.78. The molecule has 2 aromatic carbocycles. The van der Waals surface area contributed by atoms with Crippen LogP contribution in [0.1, 0.15) is 24.0 Å². The predicted octanol–water partition coefficient (Wildman–Crippen LogP) is 3.33. The van der Waals surface area contributed by atoms with Crippen LogP contribution in [0, 0.1) is 5.92 Å². The predicted molar refractivity (Wildman–Crippen MR) is 115 cm³/mol. The molecule has 1 amide bonds. The third kappa shape index (κ3) is 4.06. The summed E-state index contributed by atoms with van der Waals surface area (Å²) in [5.74, 6) is 0.136. The molecular formula is C22H25ClN2O4S. The standard InChI is InChI=1S/C22H25ClN2O4S/c1-29-21-9-8-19(13-20(21)23)30(27,28)25-11-4-7-18(15-25)22(26)24-12-10-16-5-2-3-6-17(16)14-24/h2-3,5-6,8-9,13,18H,4,7,10-12,14-15H2,1H3/t18-/m1/s1. The van der Waals surface area contributed by atoms with Crippen LogP contribution in [-0.2, 0) is 27.8 Å². The summed E-state index contributed by atoms with van der Waals surface area (Å²) in [6, 6.07) is 12.6. The number of nitrogens with zero attached hydrogens (tertiary/aromatic N) is 2. The lowest BCUT2D eigenvalue weighted by Crippen LogP contribution is -2.47. The summed E-state index contributed by atoms with van der Waals surface area (Å²) < 4.78 is 32.8. The SMILES string of the molecule is COc1ccc(S(=O)(=O)N2CCC[C@@H](C(=O)N3CCc4ccccc4C3)C2)cc1Cl. The van der Waals surface area contributed by atoms with Gasteiger partial charge in [-0.1, -0.05) is 35.9 Å². The molecule has 0 aliphatic carbocycles. The molecule has 2 aromatic rings. The number of rotatable bonds is 4. The Labute approximate surface area is 182 Å². The van der Waals surface area contributed by atoms with Crippen LogP contribution in [0.2, 0.25) is 5.02 Å². The molecule has 6 nitrogen and oxygen atoms in total. The molecule has 1 atom stereocenters. The number of carbonyl (C=O) groups is 1. The van der Waals surface area contributed by atoms with Gasteiger partial charge >= 0.3 is 0 Å². The molecule has 0 bridgehead atoms. The molecule has 0 saturated carbocycles. The molecule has 4 rings (SSSR count). The number of piperidine rings is 1. The minimum atomic E-state index is -3.73. The zero-order chi connectivity index (χ0) is 21.3. The second-order valence-corrected chi connectivity index (χ2v) is 10.1. The van der Waals surface area contributed by atoms with Gasteiger partial charge in [0.25, 0.3) is 0 Å². The number of hydrogen-bond donors (Lipinski definition) is 0. The van der Waals surface area contributed by atoms with Crippen LogP contribution < -0.4 is 4.74 Å². The van der Waals surface area contributed by atoms with Gasteiger partial charge in [0, 0.05) is 26.2 Å². The van der Waals surface area contributed by atoms with Crippen molar-refractivity contribution in [3.63, 3.8) is 0 Å². The highest BCUT2D eigenvalue weighted by Gasteiger charge is 2.36. The topological polar surface area (TPSA) is 66.9 Å². The molecule has 0 N–H and O–H groups in total. The van der Waals surface area contributed by atoms with Crippen molar-refractivity contribution >= 4 is 27.5 Å². The van der Waals surface area contributed by atoms with E-state index in [9.17, 15) is 13.2 Å². The summed E-state index contributed by atoms with van der Waals surface area (Å²) in [5.41, 5.74) is 2.45. The molecule has 1 saturated heterocycles. The van der Waals surface area contributed by atoms with Gasteiger partial charge < -0.3 is 9.64 Å². The number of carbonyl (C=O) groups excluding carboxylic acids is 1. The monoisotopic (exact) mass is 448 g/mol. The Balaban J connectivity index is 1.49. The lowest BCUT2D eigenvalue weighted by Gasteiger charge is -2.36. The fraction of sp³-hybridized carbons (Fsp3) is 0.409. The minimum absolute atomic E-state index is 0.0390. The average molecular weight is 449 g/mol. The van der Waals surface area contributed by atoms with Crippen LogP contribution in [0.4, 0.5) is 0 Å². The first-order valence-corrected chi connectivity index (χ1v) is 11.9. The number of ether oxygens (including phenoxy) is 1. The molecule has 30 heavy (non-hydrogen) atoms. The first-order chi connectivity index (χ1) is 14.4. The normalized spacial score (nSPS) is 19.9. The zero-order valence-corrected chi connectivity index (χ0v) is 18.5. The smallest absolute Gasteiger partial charge is 0.243 e. The van der Waals surface area contributed by atoms with Gasteiger partial charge in [-0.3, -0.25) is 4.79 Å². The lowest BCUT2D eigenvalue weighted by atomic mass is 9.95. The Hall–Kier alpha value is -2.09. The lowest BCUT2D eigenvalue weighted by molar-refractivity contribution is -0.137. The first-order valence-electron chi connectivity index (χ1n) is 10.1. The van der Waals surface area contributed by atoms with Crippen molar-refractivity contribution in [2.45, 2.75) is 30.7 Å². The van der Waals surface area contributed by atoms with Gasteiger partial charge in [0.2, 0.25) is 15.9 Å². The summed E-state index contributed by atoms with van der Waals surface area (Å²) >= 11 is 6.13. The first kappa shape index (κ1) is 21.2. The van der Waals surface area contributed by atoms with Crippen molar-refractivity contribution < 1.29 is 17.9 Å². The van der Waals surface area contributed by atoms with E-state index in [0.29, 0.717) is 38.2 Å². The van der Waals surface area contributed by atoms with Crippen molar-refractivity contribution in [1.82, 2.24) is 9.21 Å². The maximum absolute atomic E-state index is 13.2. The molecule has 0 aromatic heterocycles. The molecule has 0 unspecified atom stereocenters. The van der Waals surface area contributed by atoms with Gasteiger partial charge in [-0.2, -0.15) is 4.31 Å². The van der Waals surface area contributed by atoms with E-state index in [1.165, 1.54) is 34.7 Å². The van der Waals surface area contributed by atoms with Crippen molar-refractivity contribution in [2.24, 2.45) is 5.92 Å². The van der Waals surface area contributed by atoms with E-state index < -0.39 is 10.0 Å². The molecule has 0 spiro atoms. The van der Waals surface area contributed by atoms with E-state index in [-0.39, 0.29) is 28.3 Å². The molecule has 1 fully saturated rings. The van der Waals surface area contributed by atoms with E-state index in [0.717, 1.165) is 6.42 Å². The quantitative estimate of drug-likeness (QED) is 0.719. The van der Waals surface area contributed by atoms with Gasteiger partial charge in [-0.05, 0) is 48.6 Å². The van der Waals surface area contributed by atoms with Gasteiger partial charge in [0.15, 0.2) is 0 Å². The molecular weight excluding hydrogens is 424 g/mol. The summed E-state index contributed by atoms with van der Waals surface area (Å²) in [6.07, 6.45) is 2.19. The Morgan fingerprint density at radius 2 is 1.90 bits per heavy atom. The Bertz CT molecular complexity index is 1060. The Morgan fingerprint density at radius 1 is 1.13 bits per heavy atom. The van der Waals surface area contributed by atoms with Crippen molar-refractivity contribution in [2.75, 3.05) is 26.7 Å². The van der Waals surface area contributed by atoms with Gasteiger partial charge in [-0.25, -0.2) is 8.42 Å². The molecule has 8 heteroatoms. The van der Waals surface area contributed by atoms with Crippen LogP contribution in [0.3, 0.4) is 0 Å². The van der Waals surface area contributed by atoms with Gasteiger partial charge in [0.1, 0.15) is 5.75 Å². The van der Waals surface area contributed by atoms with Crippen LogP contribution in [-0.4, -0.2) is 50.3 Å². The Morgan fingerprint density at radius 3 is 2.63 bits per heavy atom. The van der Waals surface area contributed by atoms with E-state index in [1.54, 1.807) is 6.07 Å². The number of methoxy groups -OCH3 is 1. The van der Waals surface area contributed by atoms with Crippen LogP contribution in [0.5, 0.6) is 5.75 Å². The third-order valence-electron chi connectivity index (χ3n) is 5.94.